The van der Waals surface area contributed by atoms with Crippen LogP contribution in [0.25, 0.3) is 0 Å². The van der Waals surface area contributed by atoms with Crippen molar-refractivity contribution in [1.82, 2.24) is 0 Å². The van der Waals surface area contributed by atoms with Gasteiger partial charge in [-0.25, -0.2) is 0 Å². The minimum atomic E-state index is -0.288. The summed E-state index contributed by atoms with van der Waals surface area (Å²) in [5.74, 6) is 2.65. The van der Waals surface area contributed by atoms with Crippen molar-refractivity contribution < 1.29 is 15.0 Å². The molecule has 2 N–H and O–H groups in total. The smallest absolute Gasteiger partial charge is 0.190 e. The standard InChI is InChI=1S/C15H27O3S/c1-15(19(10-8-16)11-9-17)7-6-12-4-2-3-5-13(12)14(15)18/h12-13,16-17H,2-11H2,1H3/q+1. The van der Waals surface area contributed by atoms with E-state index in [-0.39, 0.29) is 34.8 Å². The van der Waals surface area contributed by atoms with Gasteiger partial charge in [0.15, 0.2) is 10.5 Å². The molecule has 0 aliphatic heterocycles. The predicted molar refractivity (Wildman–Crippen MR) is 79.4 cm³/mol. The lowest BCUT2D eigenvalue weighted by Crippen LogP contribution is -2.55. The van der Waals surface area contributed by atoms with Gasteiger partial charge in [-0.1, -0.05) is 12.8 Å². The average Bonchev–Trinajstić information content (AvgIpc) is 2.43. The summed E-state index contributed by atoms with van der Waals surface area (Å²) in [6, 6.07) is 0. The molecule has 2 rings (SSSR count). The van der Waals surface area contributed by atoms with Crippen molar-refractivity contribution in [2.45, 2.75) is 50.2 Å². The number of fused-ring (bicyclic) bond motifs is 1. The summed E-state index contributed by atoms with van der Waals surface area (Å²) in [6.45, 7) is 2.34. The van der Waals surface area contributed by atoms with Crippen LogP contribution >= 0.6 is 0 Å². The molecule has 0 aromatic heterocycles. The highest BCUT2D eigenvalue weighted by Gasteiger charge is 2.55. The number of aliphatic hydroxyl groups excluding tert-OH is 2. The molecule has 0 bridgehead atoms. The molecule has 0 amide bonds. The Morgan fingerprint density at radius 3 is 2.42 bits per heavy atom. The van der Waals surface area contributed by atoms with Gasteiger partial charge in [0.05, 0.1) is 13.2 Å². The van der Waals surface area contributed by atoms with Gasteiger partial charge in [-0.15, -0.1) is 0 Å². The van der Waals surface area contributed by atoms with Crippen molar-refractivity contribution in [3.05, 3.63) is 0 Å². The molecule has 2 aliphatic rings. The van der Waals surface area contributed by atoms with Gasteiger partial charge < -0.3 is 10.2 Å². The number of aliphatic hydroxyl groups is 2. The topological polar surface area (TPSA) is 57.5 Å². The molecular weight excluding hydrogens is 260 g/mol. The zero-order valence-corrected chi connectivity index (χ0v) is 12.8. The molecule has 0 aromatic carbocycles. The van der Waals surface area contributed by atoms with E-state index in [0.29, 0.717) is 23.2 Å². The number of carbonyl (C=O) groups is 1. The van der Waals surface area contributed by atoms with Gasteiger partial charge in [0.25, 0.3) is 0 Å². The Labute approximate surface area is 119 Å². The van der Waals surface area contributed by atoms with Crippen LogP contribution in [0.4, 0.5) is 0 Å². The number of ketones is 1. The van der Waals surface area contributed by atoms with Crippen LogP contribution in [0, 0.1) is 11.8 Å². The molecule has 3 nitrogen and oxygen atoms in total. The molecule has 3 unspecified atom stereocenters. The molecule has 0 aromatic rings. The minimum Gasteiger partial charge on any atom is -0.391 e. The van der Waals surface area contributed by atoms with Crippen LogP contribution in [0.1, 0.15) is 45.4 Å². The van der Waals surface area contributed by atoms with Gasteiger partial charge in [0.1, 0.15) is 11.5 Å². The highest BCUT2D eigenvalue weighted by Crippen LogP contribution is 2.45. The first kappa shape index (κ1) is 15.3. The zero-order chi connectivity index (χ0) is 13.9. The SMILES string of the molecule is CC1([S+](CCO)CCO)CCC2CCCCC2C1=O. The van der Waals surface area contributed by atoms with E-state index in [9.17, 15) is 15.0 Å². The first-order valence-corrected chi connectivity index (χ1v) is 9.13. The van der Waals surface area contributed by atoms with Crippen molar-refractivity contribution >= 4 is 16.7 Å². The summed E-state index contributed by atoms with van der Waals surface area (Å²) in [5, 5.41) is 18.5. The van der Waals surface area contributed by atoms with Crippen LogP contribution in [0.15, 0.2) is 0 Å². The van der Waals surface area contributed by atoms with Crippen LogP contribution in [-0.2, 0) is 15.7 Å². The summed E-state index contributed by atoms with van der Waals surface area (Å²) >= 11 is 0. The van der Waals surface area contributed by atoms with E-state index in [1.54, 1.807) is 0 Å². The molecule has 2 saturated carbocycles. The lowest BCUT2D eigenvalue weighted by molar-refractivity contribution is -0.130. The highest BCUT2D eigenvalue weighted by molar-refractivity contribution is 7.98. The fourth-order valence-electron chi connectivity index (χ4n) is 3.93. The molecule has 2 aliphatic carbocycles. The Morgan fingerprint density at radius 2 is 1.79 bits per heavy atom. The predicted octanol–water partition coefficient (Wildman–Crippen LogP) is 1.52. The third-order valence-corrected chi connectivity index (χ3v) is 8.10. The van der Waals surface area contributed by atoms with E-state index in [4.69, 9.17) is 0 Å². The number of hydrogen-bond donors (Lipinski definition) is 2. The van der Waals surface area contributed by atoms with Crippen LogP contribution in [0.3, 0.4) is 0 Å². The highest BCUT2D eigenvalue weighted by atomic mass is 32.2. The van der Waals surface area contributed by atoms with Crippen LogP contribution in [0.5, 0.6) is 0 Å². The Bertz CT molecular complexity index is 315. The maximum atomic E-state index is 12.9. The van der Waals surface area contributed by atoms with Gasteiger partial charge >= 0.3 is 0 Å². The summed E-state index contributed by atoms with van der Waals surface area (Å²) in [4.78, 5) is 12.9. The van der Waals surface area contributed by atoms with E-state index >= 15 is 0 Å². The Balaban J connectivity index is 2.14. The van der Waals surface area contributed by atoms with Gasteiger partial charge in [-0.05, 0) is 32.1 Å². The number of hydrogen-bond acceptors (Lipinski definition) is 3. The summed E-state index contributed by atoms with van der Waals surface area (Å²) in [7, 11) is -0.171. The van der Waals surface area contributed by atoms with Gasteiger partial charge in [0, 0.05) is 23.2 Å². The second-order valence-corrected chi connectivity index (χ2v) is 8.84. The second kappa shape index (κ2) is 6.59. The van der Waals surface area contributed by atoms with Crippen LogP contribution in [0.2, 0.25) is 0 Å². The summed E-state index contributed by atoms with van der Waals surface area (Å²) in [6.07, 6.45) is 6.87. The lowest BCUT2D eigenvalue weighted by atomic mass is 9.67. The van der Waals surface area contributed by atoms with Crippen molar-refractivity contribution in [2.24, 2.45) is 11.8 Å². The fourth-order valence-corrected chi connectivity index (χ4v) is 6.32. The Morgan fingerprint density at radius 1 is 1.16 bits per heavy atom. The quantitative estimate of drug-likeness (QED) is 0.754. The molecular formula is C15H27O3S+. The molecule has 0 heterocycles. The maximum absolute atomic E-state index is 12.9. The number of rotatable bonds is 5. The Kier molecular flexibility index (Phi) is 5.32. The molecule has 110 valence electrons. The Hall–Kier alpha value is -0.0600. The molecule has 4 heteroatoms. The normalized spacial score (nSPS) is 35.5. The largest absolute Gasteiger partial charge is 0.391 e. The van der Waals surface area contributed by atoms with E-state index in [0.717, 1.165) is 19.3 Å². The molecule has 0 saturated heterocycles. The average molecular weight is 287 g/mol. The van der Waals surface area contributed by atoms with Crippen molar-refractivity contribution in [3.63, 3.8) is 0 Å². The van der Waals surface area contributed by atoms with Crippen molar-refractivity contribution in [1.29, 1.82) is 0 Å². The molecule has 19 heavy (non-hydrogen) atoms. The van der Waals surface area contributed by atoms with Crippen LogP contribution in [-0.4, -0.2) is 45.5 Å². The first-order valence-electron chi connectivity index (χ1n) is 7.57. The molecule has 2 fully saturated rings. The van der Waals surface area contributed by atoms with E-state index in [1.807, 2.05) is 0 Å². The number of carbonyl (C=O) groups excluding carboxylic acids is 1. The summed E-state index contributed by atoms with van der Waals surface area (Å²) in [5.41, 5.74) is 0. The van der Waals surface area contributed by atoms with Gasteiger partial charge in [0.2, 0.25) is 0 Å². The van der Waals surface area contributed by atoms with Crippen molar-refractivity contribution in [2.75, 3.05) is 24.7 Å². The molecule has 0 radical (unpaired) electrons. The maximum Gasteiger partial charge on any atom is 0.190 e. The summed E-state index contributed by atoms with van der Waals surface area (Å²) < 4.78 is -0.288. The van der Waals surface area contributed by atoms with E-state index < -0.39 is 0 Å². The third-order valence-electron chi connectivity index (χ3n) is 5.07. The second-order valence-electron chi connectivity index (χ2n) is 6.13. The molecule has 3 atom stereocenters. The minimum absolute atomic E-state index is 0.125. The monoisotopic (exact) mass is 287 g/mol. The van der Waals surface area contributed by atoms with E-state index in [1.165, 1.54) is 19.3 Å². The number of Topliss-reactive ketones (excluding diaryl/α,β-unsaturated/α-hetero) is 1. The van der Waals surface area contributed by atoms with E-state index in [2.05, 4.69) is 6.92 Å². The zero-order valence-electron chi connectivity index (χ0n) is 11.9. The fraction of sp³-hybridized carbons (Fsp3) is 0.933. The van der Waals surface area contributed by atoms with Crippen molar-refractivity contribution in [3.8, 4) is 0 Å². The third kappa shape index (κ3) is 3.01. The van der Waals surface area contributed by atoms with Gasteiger partial charge in [-0.2, -0.15) is 0 Å². The van der Waals surface area contributed by atoms with Gasteiger partial charge in [-0.3, -0.25) is 4.79 Å². The van der Waals surface area contributed by atoms with Crippen LogP contribution < -0.4 is 0 Å². The lowest BCUT2D eigenvalue weighted by Gasteiger charge is -2.42. The first-order chi connectivity index (χ1) is 9.13. The molecule has 0 spiro atoms.